The molecule has 9 heteroatoms. The molecular formula is C15H20N6O3. The highest BCUT2D eigenvalue weighted by molar-refractivity contribution is 5.95. The van der Waals surface area contributed by atoms with Crippen LogP contribution >= 0.6 is 0 Å². The van der Waals surface area contributed by atoms with Crippen molar-refractivity contribution >= 4 is 17.7 Å². The summed E-state index contributed by atoms with van der Waals surface area (Å²) in [5, 5.41) is 8.59. The lowest BCUT2D eigenvalue weighted by Gasteiger charge is -2.34. The van der Waals surface area contributed by atoms with E-state index in [0.29, 0.717) is 31.6 Å². The SMILES string of the molecule is O=C(N[C@H]1CCCNC1=O)[C@@H]1CN(C(=O)c2cncnc2)CCN1. The fourth-order valence-electron chi connectivity index (χ4n) is 2.88. The van der Waals surface area contributed by atoms with E-state index in [2.05, 4.69) is 25.9 Å². The summed E-state index contributed by atoms with van der Waals surface area (Å²) in [4.78, 5) is 45.9. The van der Waals surface area contributed by atoms with E-state index in [9.17, 15) is 14.4 Å². The maximum absolute atomic E-state index is 12.4. The van der Waals surface area contributed by atoms with Crippen molar-refractivity contribution in [1.82, 2.24) is 30.8 Å². The summed E-state index contributed by atoms with van der Waals surface area (Å²) in [5.74, 6) is -0.621. The molecule has 2 saturated heterocycles. The van der Waals surface area contributed by atoms with Crippen LogP contribution in [0, 0.1) is 0 Å². The van der Waals surface area contributed by atoms with E-state index in [0.717, 1.165) is 6.42 Å². The fraction of sp³-hybridized carbons (Fsp3) is 0.533. The van der Waals surface area contributed by atoms with Crippen LogP contribution in [0.15, 0.2) is 18.7 Å². The van der Waals surface area contributed by atoms with E-state index in [1.807, 2.05) is 0 Å². The van der Waals surface area contributed by atoms with Crippen LogP contribution in [0.2, 0.25) is 0 Å². The highest BCUT2D eigenvalue weighted by atomic mass is 16.2. The smallest absolute Gasteiger partial charge is 0.257 e. The number of hydrogen-bond donors (Lipinski definition) is 3. The lowest BCUT2D eigenvalue weighted by molar-refractivity contribution is -0.131. The zero-order chi connectivity index (χ0) is 16.9. The normalized spacial score (nSPS) is 24.2. The Hall–Kier alpha value is -2.55. The molecule has 2 fully saturated rings. The van der Waals surface area contributed by atoms with Gasteiger partial charge in [0.25, 0.3) is 5.91 Å². The second kappa shape index (κ2) is 7.35. The van der Waals surface area contributed by atoms with Crippen LogP contribution in [0.5, 0.6) is 0 Å². The Bertz CT molecular complexity index is 623. The lowest BCUT2D eigenvalue weighted by Crippen LogP contribution is -2.61. The molecule has 0 aliphatic carbocycles. The van der Waals surface area contributed by atoms with E-state index < -0.39 is 12.1 Å². The predicted octanol–water partition coefficient (Wildman–Crippen LogP) is -1.71. The van der Waals surface area contributed by atoms with Gasteiger partial charge in [-0.3, -0.25) is 14.4 Å². The molecule has 1 aromatic rings. The van der Waals surface area contributed by atoms with Gasteiger partial charge in [0, 0.05) is 38.6 Å². The second-order valence-corrected chi connectivity index (χ2v) is 5.88. The first-order valence-electron chi connectivity index (χ1n) is 8.01. The third-order valence-corrected chi connectivity index (χ3v) is 4.19. The number of aromatic nitrogens is 2. The van der Waals surface area contributed by atoms with Crippen molar-refractivity contribution < 1.29 is 14.4 Å². The van der Waals surface area contributed by atoms with Crippen LogP contribution in [-0.2, 0) is 9.59 Å². The van der Waals surface area contributed by atoms with Crippen molar-refractivity contribution in [2.24, 2.45) is 0 Å². The zero-order valence-corrected chi connectivity index (χ0v) is 13.2. The van der Waals surface area contributed by atoms with Gasteiger partial charge in [-0.05, 0) is 12.8 Å². The summed E-state index contributed by atoms with van der Waals surface area (Å²) in [6, 6.07) is -1.04. The molecule has 2 aliphatic heterocycles. The van der Waals surface area contributed by atoms with Gasteiger partial charge in [0.1, 0.15) is 18.4 Å². The van der Waals surface area contributed by atoms with Gasteiger partial charge in [-0.25, -0.2) is 9.97 Å². The Balaban J connectivity index is 1.59. The first-order valence-corrected chi connectivity index (χ1v) is 8.01. The van der Waals surface area contributed by atoms with Crippen LogP contribution in [-0.4, -0.2) is 70.9 Å². The van der Waals surface area contributed by atoms with Gasteiger partial charge in [-0.2, -0.15) is 0 Å². The van der Waals surface area contributed by atoms with Crippen LogP contribution in [0.1, 0.15) is 23.2 Å². The van der Waals surface area contributed by atoms with Crippen LogP contribution < -0.4 is 16.0 Å². The Morgan fingerprint density at radius 1 is 1.25 bits per heavy atom. The molecule has 3 rings (SSSR count). The third-order valence-electron chi connectivity index (χ3n) is 4.19. The molecule has 0 unspecified atom stereocenters. The Labute approximate surface area is 139 Å². The number of piperidine rings is 1. The van der Waals surface area contributed by atoms with E-state index in [1.54, 1.807) is 4.90 Å². The maximum atomic E-state index is 12.4. The number of carbonyl (C=O) groups excluding carboxylic acids is 3. The minimum absolute atomic E-state index is 0.153. The monoisotopic (exact) mass is 332 g/mol. The number of piperazine rings is 1. The predicted molar refractivity (Wildman–Crippen MR) is 83.9 cm³/mol. The Kier molecular flexibility index (Phi) is 4.99. The molecule has 1 aromatic heterocycles. The molecule has 0 bridgehead atoms. The van der Waals surface area contributed by atoms with Crippen molar-refractivity contribution in [3.8, 4) is 0 Å². The minimum Gasteiger partial charge on any atom is -0.354 e. The molecule has 0 aromatic carbocycles. The number of rotatable bonds is 3. The van der Waals surface area contributed by atoms with E-state index >= 15 is 0 Å². The van der Waals surface area contributed by atoms with Gasteiger partial charge >= 0.3 is 0 Å². The first kappa shape index (κ1) is 16.3. The third kappa shape index (κ3) is 3.67. The molecule has 3 heterocycles. The lowest BCUT2D eigenvalue weighted by atomic mass is 10.1. The molecule has 0 radical (unpaired) electrons. The van der Waals surface area contributed by atoms with Crippen LogP contribution in [0.3, 0.4) is 0 Å². The molecule has 3 N–H and O–H groups in total. The Morgan fingerprint density at radius 2 is 2.04 bits per heavy atom. The molecule has 0 spiro atoms. The first-order chi connectivity index (χ1) is 11.6. The number of carbonyl (C=O) groups is 3. The average Bonchev–Trinajstić information content (AvgIpc) is 2.64. The van der Waals surface area contributed by atoms with Crippen LogP contribution in [0.25, 0.3) is 0 Å². The second-order valence-electron chi connectivity index (χ2n) is 5.88. The average molecular weight is 332 g/mol. The summed E-state index contributed by atoms with van der Waals surface area (Å²) < 4.78 is 0. The number of nitrogens with zero attached hydrogens (tertiary/aromatic N) is 3. The molecule has 2 aliphatic rings. The number of hydrogen-bond acceptors (Lipinski definition) is 6. The van der Waals surface area contributed by atoms with Gasteiger partial charge in [-0.15, -0.1) is 0 Å². The summed E-state index contributed by atoms with van der Waals surface area (Å²) in [6.07, 6.45) is 5.75. The topological polar surface area (TPSA) is 116 Å². The van der Waals surface area contributed by atoms with Gasteiger partial charge in [0.15, 0.2) is 0 Å². The van der Waals surface area contributed by atoms with Crippen molar-refractivity contribution in [2.75, 3.05) is 26.2 Å². The van der Waals surface area contributed by atoms with Crippen LogP contribution in [0.4, 0.5) is 0 Å². The molecule has 24 heavy (non-hydrogen) atoms. The van der Waals surface area contributed by atoms with Gasteiger partial charge in [-0.1, -0.05) is 0 Å². The quantitative estimate of drug-likeness (QED) is 0.607. The zero-order valence-electron chi connectivity index (χ0n) is 13.2. The standard InChI is InChI=1S/C15H20N6O3/c22-13-11(2-1-3-19-13)20-14(23)12-8-21(5-4-18-12)15(24)10-6-16-9-17-7-10/h6-7,9,11-12,18H,1-5,8H2,(H,19,22)(H,20,23)/t11-,12-/m0/s1. The van der Waals surface area contributed by atoms with E-state index in [4.69, 9.17) is 0 Å². The van der Waals surface area contributed by atoms with Crippen molar-refractivity contribution in [2.45, 2.75) is 24.9 Å². The molecule has 3 amide bonds. The fourth-order valence-corrected chi connectivity index (χ4v) is 2.88. The molecule has 0 saturated carbocycles. The largest absolute Gasteiger partial charge is 0.354 e. The maximum Gasteiger partial charge on any atom is 0.257 e. The van der Waals surface area contributed by atoms with Gasteiger partial charge < -0.3 is 20.9 Å². The number of nitrogens with one attached hydrogen (secondary N) is 3. The highest BCUT2D eigenvalue weighted by Gasteiger charge is 2.31. The highest BCUT2D eigenvalue weighted by Crippen LogP contribution is 2.08. The summed E-state index contributed by atoms with van der Waals surface area (Å²) in [6.45, 7) is 1.90. The van der Waals surface area contributed by atoms with Gasteiger partial charge in [0.05, 0.1) is 5.56 Å². The molecular weight excluding hydrogens is 312 g/mol. The number of amides is 3. The van der Waals surface area contributed by atoms with Crippen molar-refractivity contribution in [3.63, 3.8) is 0 Å². The summed E-state index contributed by atoms with van der Waals surface area (Å²) in [5.41, 5.74) is 0.394. The summed E-state index contributed by atoms with van der Waals surface area (Å²) >= 11 is 0. The van der Waals surface area contributed by atoms with Crippen molar-refractivity contribution in [1.29, 1.82) is 0 Å². The van der Waals surface area contributed by atoms with Crippen molar-refractivity contribution in [3.05, 3.63) is 24.3 Å². The van der Waals surface area contributed by atoms with E-state index in [1.165, 1.54) is 18.7 Å². The molecule has 9 nitrogen and oxygen atoms in total. The van der Waals surface area contributed by atoms with Gasteiger partial charge in [0.2, 0.25) is 11.8 Å². The molecule has 2 atom stereocenters. The Morgan fingerprint density at radius 3 is 2.79 bits per heavy atom. The van der Waals surface area contributed by atoms with E-state index in [-0.39, 0.29) is 24.3 Å². The molecule has 128 valence electrons. The minimum atomic E-state index is -0.540. The summed E-state index contributed by atoms with van der Waals surface area (Å²) in [7, 11) is 0.